The molecular formula is C15H17N3O6S. The van der Waals surface area contributed by atoms with E-state index in [0.717, 1.165) is 4.90 Å². The van der Waals surface area contributed by atoms with Crippen molar-refractivity contribution in [1.29, 1.82) is 0 Å². The molecule has 2 atom stereocenters. The van der Waals surface area contributed by atoms with Crippen LogP contribution in [-0.2, 0) is 19.1 Å². The first-order valence-electron chi connectivity index (χ1n) is 7.67. The van der Waals surface area contributed by atoms with Crippen molar-refractivity contribution < 1.29 is 28.3 Å². The molecule has 10 heteroatoms. The van der Waals surface area contributed by atoms with E-state index in [9.17, 15) is 19.2 Å². The summed E-state index contributed by atoms with van der Waals surface area (Å²) in [6, 6.07) is 2.13. The van der Waals surface area contributed by atoms with Crippen LogP contribution < -0.4 is 5.32 Å². The fraction of sp³-hybridized carbons (Fsp3) is 0.467. The van der Waals surface area contributed by atoms with Crippen molar-refractivity contribution in [3.05, 3.63) is 24.2 Å². The second kappa shape index (κ2) is 7.18. The number of amides is 4. The number of nitrogens with zero attached hydrogens (tertiary/aromatic N) is 2. The summed E-state index contributed by atoms with van der Waals surface area (Å²) in [6.07, 6.45) is 1.50. The van der Waals surface area contributed by atoms with Gasteiger partial charge in [-0.3, -0.25) is 14.5 Å². The van der Waals surface area contributed by atoms with Crippen LogP contribution in [0.5, 0.6) is 0 Å². The Morgan fingerprint density at radius 2 is 2.24 bits per heavy atom. The second-order valence-corrected chi connectivity index (χ2v) is 6.64. The SMILES string of the molecule is CC(=O)N1[C@H](C(=O)OCC(=O)N2CCNC2=O)CS[C@H]1c1ccco1. The number of nitrogens with one attached hydrogen (secondary N) is 1. The number of furan rings is 1. The summed E-state index contributed by atoms with van der Waals surface area (Å²) in [4.78, 5) is 50.1. The van der Waals surface area contributed by atoms with Crippen LogP contribution in [0.4, 0.5) is 4.79 Å². The van der Waals surface area contributed by atoms with Gasteiger partial charge in [-0.25, -0.2) is 9.59 Å². The van der Waals surface area contributed by atoms with E-state index >= 15 is 0 Å². The number of carbonyl (C=O) groups is 4. The average Bonchev–Trinajstić information content (AvgIpc) is 3.30. The second-order valence-electron chi connectivity index (χ2n) is 5.53. The quantitative estimate of drug-likeness (QED) is 0.764. The fourth-order valence-corrected chi connectivity index (χ4v) is 4.16. The van der Waals surface area contributed by atoms with Gasteiger partial charge < -0.3 is 19.4 Å². The lowest BCUT2D eigenvalue weighted by Crippen LogP contribution is -2.44. The summed E-state index contributed by atoms with van der Waals surface area (Å²) >= 11 is 1.38. The van der Waals surface area contributed by atoms with E-state index in [1.807, 2.05) is 0 Å². The molecule has 3 rings (SSSR count). The van der Waals surface area contributed by atoms with Crippen LogP contribution in [0.15, 0.2) is 22.8 Å². The van der Waals surface area contributed by atoms with Crippen LogP contribution in [-0.4, -0.2) is 65.1 Å². The molecule has 0 radical (unpaired) electrons. The Morgan fingerprint density at radius 1 is 1.44 bits per heavy atom. The monoisotopic (exact) mass is 367 g/mol. The molecule has 3 heterocycles. The van der Waals surface area contributed by atoms with E-state index in [2.05, 4.69) is 5.32 Å². The maximum Gasteiger partial charge on any atom is 0.330 e. The standard InChI is InChI=1S/C15H17N3O6S/c1-9(19)18-10(8-25-13(18)11-3-2-6-23-11)14(21)24-7-12(20)17-5-4-16-15(17)22/h2-3,6,10,13H,4-5,7-8H2,1H3,(H,16,22)/t10-,13-/m0/s1. The summed E-state index contributed by atoms with van der Waals surface area (Å²) < 4.78 is 10.4. The number of hydrogen-bond donors (Lipinski definition) is 1. The summed E-state index contributed by atoms with van der Waals surface area (Å²) in [6.45, 7) is 1.45. The van der Waals surface area contributed by atoms with Crippen LogP contribution in [0.2, 0.25) is 0 Å². The molecule has 9 nitrogen and oxygen atoms in total. The van der Waals surface area contributed by atoms with Crippen LogP contribution in [0, 0.1) is 0 Å². The van der Waals surface area contributed by atoms with E-state index in [0.29, 0.717) is 18.1 Å². The summed E-state index contributed by atoms with van der Waals surface area (Å²) in [5.74, 6) is -0.656. The number of ether oxygens (including phenoxy) is 1. The normalized spacial score (nSPS) is 22.8. The molecule has 4 amide bonds. The fourth-order valence-electron chi connectivity index (χ4n) is 2.74. The Bertz CT molecular complexity index is 691. The Kier molecular flexibility index (Phi) is 4.98. The number of thioether (sulfide) groups is 1. The van der Waals surface area contributed by atoms with Crippen LogP contribution in [0.1, 0.15) is 18.1 Å². The molecule has 1 N–H and O–H groups in total. The molecule has 0 aromatic carbocycles. The molecule has 0 aliphatic carbocycles. The molecule has 2 fully saturated rings. The first-order valence-corrected chi connectivity index (χ1v) is 8.72. The van der Waals surface area contributed by atoms with Crippen molar-refractivity contribution in [2.75, 3.05) is 25.4 Å². The molecule has 0 spiro atoms. The molecular weight excluding hydrogens is 350 g/mol. The largest absolute Gasteiger partial charge is 0.466 e. The van der Waals surface area contributed by atoms with E-state index in [1.54, 1.807) is 12.1 Å². The van der Waals surface area contributed by atoms with Gasteiger partial charge in [-0.2, -0.15) is 0 Å². The molecule has 2 aliphatic rings. The highest BCUT2D eigenvalue weighted by Gasteiger charge is 2.43. The number of urea groups is 1. The van der Waals surface area contributed by atoms with Crippen molar-refractivity contribution in [2.24, 2.45) is 0 Å². The lowest BCUT2D eigenvalue weighted by atomic mass is 10.2. The molecule has 0 saturated carbocycles. The Labute approximate surface area is 147 Å². The van der Waals surface area contributed by atoms with E-state index in [4.69, 9.17) is 9.15 Å². The topological polar surface area (TPSA) is 109 Å². The van der Waals surface area contributed by atoms with Gasteiger partial charge in [0.25, 0.3) is 5.91 Å². The lowest BCUT2D eigenvalue weighted by Gasteiger charge is -2.25. The lowest BCUT2D eigenvalue weighted by molar-refractivity contribution is -0.157. The smallest absolute Gasteiger partial charge is 0.330 e. The highest BCUT2D eigenvalue weighted by atomic mass is 32.2. The van der Waals surface area contributed by atoms with Gasteiger partial charge in [-0.05, 0) is 12.1 Å². The number of hydrogen-bond acceptors (Lipinski definition) is 7. The summed E-state index contributed by atoms with van der Waals surface area (Å²) in [5.41, 5.74) is 0. The third kappa shape index (κ3) is 3.48. The van der Waals surface area contributed by atoms with Crippen LogP contribution >= 0.6 is 11.8 Å². The van der Waals surface area contributed by atoms with E-state index in [-0.39, 0.29) is 12.5 Å². The average molecular weight is 367 g/mol. The third-order valence-electron chi connectivity index (χ3n) is 3.92. The number of esters is 1. The van der Waals surface area contributed by atoms with Gasteiger partial charge in [0, 0.05) is 25.8 Å². The molecule has 25 heavy (non-hydrogen) atoms. The maximum absolute atomic E-state index is 12.3. The van der Waals surface area contributed by atoms with Crippen molar-refractivity contribution in [3.8, 4) is 0 Å². The van der Waals surface area contributed by atoms with Crippen molar-refractivity contribution in [1.82, 2.24) is 15.1 Å². The zero-order valence-electron chi connectivity index (χ0n) is 13.5. The number of carbonyl (C=O) groups excluding carboxylic acids is 4. The highest BCUT2D eigenvalue weighted by Crippen LogP contribution is 2.41. The minimum Gasteiger partial charge on any atom is -0.466 e. The van der Waals surface area contributed by atoms with E-state index < -0.39 is 35.9 Å². The zero-order valence-corrected chi connectivity index (χ0v) is 14.3. The zero-order chi connectivity index (χ0) is 18.0. The predicted octanol–water partition coefficient (Wildman–Crippen LogP) is 0.337. The van der Waals surface area contributed by atoms with Gasteiger partial charge in [0.2, 0.25) is 5.91 Å². The maximum atomic E-state index is 12.3. The number of imide groups is 1. The minimum atomic E-state index is -0.808. The molecule has 0 unspecified atom stereocenters. The number of rotatable bonds is 4. The van der Waals surface area contributed by atoms with Crippen LogP contribution in [0.3, 0.4) is 0 Å². The first kappa shape index (κ1) is 17.3. The molecule has 2 aliphatic heterocycles. The van der Waals surface area contributed by atoms with Gasteiger partial charge in [0.1, 0.15) is 17.2 Å². The van der Waals surface area contributed by atoms with Gasteiger partial charge in [0.15, 0.2) is 6.61 Å². The van der Waals surface area contributed by atoms with E-state index in [1.165, 1.54) is 29.8 Å². The Morgan fingerprint density at radius 3 is 2.84 bits per heavy atom. The Hall–Kier alpha value is -2.49. The van der Waals surface area contributed by atoms with Gasteiger partial charge >= 0.3 is 12.0 Å². The van der Waals surface area contributed by atoms with Crippen molar-refractivity contribution >= 4 is 35.6 Å². The molecule has 2 saturated heterocycles. The molecule has 1 aromatic rings. The summed E-state index contributed by atoms with van der Waals surface area (Å²) in [5, 5.41) is 2.08. The third-order valence-corrected chi connectivity index (χ3v) is 5.20. The molecule has 1 aromatic heterocycles. The van der Waals surface area contributed by atoms with Gasteiger partial charge in [-0.15, -0.1) is 11.8 Å². The minimum absolute atomic E-state index is 0.245. The van der Waals surface area contributed by atoms with Crippen molar-refractivity contribution in [2.45, 2.75) is 18.3 Å². The Balaban J connectivity index is 1.62. The molecule has 134 valence electrons. The van der Waals surface area contributed by atoms with Crippen LogP contribution in [0.25, 0.3) is 0 Å². The van der Waals surface area contributed by atoms with Gasteiger partial charge in [0.05, 0.1) is 6.26 Å². The summed E-state index contributed by atoms with van der Waals surface area (Å²) in [7, 11) is 0. The predicted molar refractivity (Wildman–Crippen MR) is 86.3 cm³/mol. The van der Waals surface area contributed by atoms with Gasteiger partial charge in [-0.1, -0.05) is 0 Å². The van der Waals surface area contributed by atoms with Crippen molar-refractivity contribution in [3.63, 3.8) is 0 Å². The first-order chi connectivity index (χ1) is 12.0. The molecule has 0 bridgehead atoms. The highest BCUT2D eigenvalue weighted by molar-refractivity contribution is 7.99.